The predicted octanol–water partition coefficient (Wildman–Crippen LogP) is 8.71. The zero-order valence-electron chi connectivity index (χ0n) is 21.4. The van der Waals surface area contributed by atoms with Crippen LogP contribution in [0.3, 0.4) is 0 Å². The first-order valence-electron chi connectivity index (χ1n) is 12.5. The SMILES string of the molecule is CCc1ccc(-c2ccc(CCCCCO[Si](C)(C)C(C)(C)C)nc2-c2ccccc2)cc1. The molecular formula is C30H41NOSi. The molecule has 0 radical (unpaired) electrons. The van der Waals surface area contributed by atoms with Gasteiger partial charge in [0, 0.05) is 23.4 Å². The van der Waals surface area contributed by atoms with Crippen LogP contribution in [0.5, 0.6) is 0 Å². The summed E-state index contributed by atoms with van der Waals surface area (Å²) in [4.78, 5) is 5.13. The number of aromatic nitrogens is 1. The summed E-state index contributed by atoms with van der Waals surface area (Å²) in [5.41, 5.74) is 7.23. The fourth-order valence-corrected chi connectivity index (χ4v) is 4.82. The van der Waals surface area contributed by atoms with Crippen molar-refractivity contribution in [1.29, 1.82) is 0 Å². The molecule has 0 aliphatic carbocycles. The third-order valence-electron chi connectivity index (χ3n) is 7.02. The van der Waals surface area contributed by atoms with Crippen LogP contribution in [0.1, 0.15) is 58.2 Å². The quantitative estimate of drug-likeness (QED) is 0.223. The molecule has 0 fully saturated rings. The zero-order valence-corrected chi connectivity index (χ0v) is 22.4. The molecule has 1 aromatic heterocycles. The Bertz CT molecular complexity index is 1000. The summed E-state index contributed by atoms with van der Waals surface area (Å²) in [5.74, 6) is 0. The van der Waals surface area contributed by atoms with Crippen LogP contribution in [-0.4, -0.2) is 19.9 Å². The van der Waals surface area contributed by atoms with Crippen LogP contribution in [0.4, 0.5) is 0 Å². The lowest BCUT2D eigenvalue weighted by molar-refractivity contribution is 0.278. The summed E-state index contributed by atoms with van der Waals surface area (Å²) in [6.07, 6.45) is 5.52. The lowest BCUT2D eigenvalue weighted by Crippen LogP contribution is -2.40. The largest absolute Gasteiger partial charge is 0.417 e. The molecule has 2 aromatic carbocycles. The van der Waals surface area contributed by atoms with Crippen LogP contribution in [0.25, 0.3) is 22.4 Å². The molecule has 3 rings (SSSR count). The van der Waals surface area contributed by atoms with Crippen molar-refractivity contribution in [3.63, 3.8) is 0 Å². The second-order valence-electron chi connectivity index (χ2n) is 10.5. The lowest BCUT2D eigenvalue weighted by atomic mass is 9.97. The minimum atomic E-state index is -1.63. The molecule has 1 heterocycles. The van der Waals surface area contributed by atoms with E-state index in [9.17, 15) is 0 Å². The molecule has 33 heavy (non-hydrogen) atoms. The highest BCUT2D eigenvalue weighted by Gasteiger charge is 2.36. The molecule has 0 unspecified atom stereocenters. The predicted molar refractivity (Wildman–Crippen MR) is 145 cm³/mol. The van der Waals surface area contributed by atoms with Gasteiger partial charge in [-0.25, -0.2) is 0 Å². The second kappa shape index (κ2) is 11.3. The van der Waals surface area contributed by atoms with E-state index in [4.69, 9.17) is 9.41 Å². The van der Waals surface area contributed by atoms with E-state index in [1.54, 1.807) is 0 Å². The first-order valence-corrected chi connectivity index (χ1v) is 15.4. The third-order valence-corrected chi connectivity index (χ3v) is 11.6. The summed E-state index contributed by atoms with van der Waals surface area (Å²) in [7, 11) is -1.63. The molecular weight excluding hydrogens is 418 g/mol. The van der Waals surface area contributed by atoms with Crippen molar-refractivity contribution in [2.24, 2.45) is 0 Å². The van der Waals surface area contributed by atoms with E-state index in [-0.39, 0.29) is 5.04 Å². The van der Waals surface area contributed by atoms with Crippen molar-refractivity contribution in [1.82, 2.24) is 4.98 Å². The summed E-state index contributed by atoms with van der Waals surface area (Å²) < 4.78 is 6.33. The Kier molecular flexibility index (Phi) is 8.67. The van der Waals surface area contributed by atoms with Gasteiger partial charge in [-0.2, -0.15) is 0 Å². The summed E-state index contributed by atoms with van der Waals surface area (Å²) in [5, 5.41) is 0.281. The van der Waals surface area contributed by atoms with E-state index >= 15 is 0 Å². The van der Waals surface area contributed by atoms with Gasteiger partial charge in [0.2, 0.25) is 0 Å². The standard InChI is InChI=1S/C30H41NOSi/c1-7-24-17-19-25(20-18-24)28-22-21-27(31-29(28)26-14-10-8-11-15-26)16-12-9-13-23-32-33(5,6)30(2,3)4/h8,10-11,14-15,17-22H,7,9,12-13,16,23H2,1-6H3. The van der Waals surface area contributed by atoms with Crippen molar-refractivity contribution < 1.29 is 4.43 Å². The average molecular weight is 460 g/mol. The molecule has 0 aliphatic heterocycles. The average Bonchev–Trinajstić information content (AvgIpc) is 2.81. The van der Waals surface area contributed by atoms with Crippen molar-refractivity contribution in [3.05, 3.63) is 78.0 Å². The Hall–Kier alpha value is -2.23. The van der Waals surface area contributed by atoms with Crippen LogP contribution in [0.15, 0.2) is 66.7 Å². The first-order chi connectivity index (χ1) is 15.7. The van der Waals surface area contributed by atoms with E-state index < -0.39 is 8.32 Å². The molecule has 3 heteroatoms. The number of rotatable bonds is 10. The molecule has 0 N–H and O–H groups in total. The van der Waals surface area contributed by atoms with Crippen LogP contribution < -0.4 is 0 Å². The zero-order chi connectivity index (χ0) is 23.9. The first kappa shape index (κ1) is 25.4. The van der Waals surface area contributed by atoms with Crippen LogP contribution in [0, 0.1) is 0 Å². The van der Waals surface area contributed by atoms with Gasteiger partial charge in [-0.05, 0) is 61.0 Å². The molecule has 0 bridgehead atoms. The van der Waals surface area contributed by atoms with Gasteiger partial charge in [0.05, 0.1) is 5.69 Å². The Labute approximate surface area is 202 Å². The third kappa shape index (κ3) is 6.88. The fourth-order valence-electron chi connectivity index (χ4n) is 3.74. The minimum absolute atomic E-state index is 0.281. The van der Waals surface area contributed by atoms with Gasteiger partial charge >= 0.3 is 0 Å². The molecule has 0 saturated carbocycles. The van der Waals surface area contributed by atoms with Crippen LogP contribution in [0.2, 0.25) is 18.1 Å². The number of hydrogen-bond acceptors (Lipinski definition) is 2. The van der Waals surface area contributed by atoms with E-state index in [2.05, 4.69) is 108 Å². The highest BCUT2D eigenvalue weighted by atomic mass is 28.4. The monoisotopic (exact) mass is 459 g/mol. The van der Waals surface area contributed by atoms with Gasteiger partial charge in [0.15, 0.2) is 8.32 Å². The second-order valence-corrected chi connectivity index (χ2v) is 15.3. The Balaban J connectivity index is 1.66. The van der Waals surface area contributed by atoms with E-state index in [1.165, 1.54) is 34.4 Å². The summed E-state index contributed by atoms with van der Waals surface area (Å²) in [6, 6.07) is 23.9. The van der Waals surface area contributed by atoms with Crippen molar-refractivity contribution in [3.8, 4) is 22.4 Å². The van der Waals surface area contributed by atoms with Crippen molar-refractivity contribution in [2.45, 2.75) is 77.9 Å². The van der Waals surface area contributed by atoms with Gasteiger partial charge < -0.3 is 4.43 Å². The van der Waals surface area contributed by atoms with E-state index in [1.807, 2.05) is 0 Å². The fraction of sp³-hybridized carbons (Fsp3) is 0.433. The smallest absolute Gasteiger partial charge is 0.191 e. The van der Waals surface area contributed by atoms with Gasteiger partial charge in [-0.3, -0.25) is 4.98 Å². The molecule has 0 spiro atoms. The maximum absolute atomic E-state index is 6.33. The maximum atomic E-state index is 6.33. The molecule has 3 aromatic rings. The highest BCUT2D eigenvalue weighted by molar-refractivity contribution is 6.74. The van der Waals surface area contributed by atoms with Crippen molar-refractivity contribution >= 4 is 8.32 Å². The topological polar surface area (TPSA) is 22.1 Å². The molecule has 0 amide bonds. The number of benzene rings is 2. The van der Waals surface area contributed by atoms with Gasteiger partial charge in [-0.15, -0.1) is 0 Å². The Morgan fingerprint density at radius 1 is 0.788 bits per heavy atom. The van der Waals surface area contributed by atoms with E-state index in [0.717, 1.165) is 38.0 Å². The number of aryl methyl sites for hydroxylation is 2. The highest BCUT2D eigenvalue weighted by Crippen LogP contribution is 2.36. The number of hydrogen-bond donors (Lipinski definition) is 0. The minimum Gasteiger partial charge on any atom is -0.417 e. The van der Waals surface area contributed by atoms with Gasteiger partial charge in [0.25, 0.3) is 0 Å². The molecule has 2 nitrogen and oxygen atoms in total. The number of nitrogens with zero attached hydrogens (tertiary/aromatic N) is 1. The molecule has 0 saturated heterocycles. The Morgan fingerprint density at radius 3 is 2.12 bits per heavy atom. The maximum Gasteiger partial charge on any atom is 0.191 e. The van der Waals surface area contributed by atoms with Gasteiger partial charge in [-0.1, -0.05) is 94.8 Å². The molecule has 176 valence electrons. The van der Waals surface area contributed by atoms with Crippen LogP contribution >= 0.6 is 0 Å². The normalized spacial score (nSPS) is 12.2. The summed E-state index contributed by atoms with van der Waals surface area (Å²) >= 11 is 0. The van der Waals surface area contributed by atoms with Crippen molar-refractivity contribution in [2.75, 3.05) is 6.61 Å². The Morgan fingerprint density at radius 2 is 1.48 bits per heavy atom. The summed E-state index contributed by atoms with van der Waals surface area (Å²) in [6.45, 7) is 14.6. The van der Waals surface area contributed by atoms with Crippen LogP contribution in [-0.2, 0) is 17.3 Å². The lowest BCUT2D eigenvalue weighted by Gasteiger charge is -2.36. The van der Waals surface area contributed by atoms with E-state index in [0.29, 0.717) is 0 Å². The molecule has 0 atom stereocenters. The molecule has 0 aliphatic rings. The number of unbranched alkanes of at least 4 members (excludes halogenated alkanes) is 2. The van der Waals surface area contributed by atoms with Gasteiger partial charge in [0.1, 0.15) is 0 Å². The number of pyridine rings is 1.